The van der Waals surface area contributed by atoms with Crippen LogP contribution >= 0.6 is 15.9 Å². The van der Waals surface area contributed by atoms with Crippen LogP contribution in [0.2, 0.25) is 0 Å². The van der Waals surface area contributed by atoms with Crippen molar-refractivity contribution in [3.63, 3.8) is 0 Å². The standard InChI is InChI=1S/C13H16BrNO5S/c1-3-15(4-2)12(16)8-21(19,20)11-7-9(13(17)18)5-6-10(11)14/h5-7H,3-4,8H2,1-2H3,(H,17,18). The zero-order valence-electron chi connectivity index (χ0n) is 11.7. The van der Waals surface area contributed by atoms with Crippen LogP contribution in [0.1, 0.15) is 24.2 Å². The van der Waals surface area contributed by atoms with Crippen LogP contribution in [-0.2, 0) is 14.6 Å². The van der Waals surface area contributed by atoms with Gasteiger partial charge in [0, 0.05) is 17.6 Å². The van der Waals surface area contributed by atoms with Gasteiger partial charge >= 0.3 is 5.97 Å². The smallest absolute Gasteiger partial charge is 0.335 e. The Kier molecular flexibility index (Phi) is 5.91. The quantitative estimate of drug-likeness (QED) is 0.815. The Balaban J connectivity index is 3.16. The van der Waals surface area contributed by atoms with Crippen LogP contribution in [0.15, 0.2) is 27.6 Å². The summed E-state index contributed by atoms with van der Waals surface area (Å²) in [4.78, 5) is 24.1. The minimum absolute atomic E-state index is 0.146. The van der Waals surface area contributed by atoms with Crippen molar-refractivity contribution in [1.82, 2.24) is 4.90 Å². The number of sulfone groups is 1. The largest absolute Gasteiger partial charge is 0.478 e. The molecule has 0 aromatic heterocycles. The fourth-order valence-corrected chi connectivity index (χ4v) is 4.10. The molecule has 0 fully saturated rings. The average Bonchev–Trinajstić information content (AvgIpc) is 2.39. The van der Waals surface area contributed by atoms with E-state index in [4.69, 9.17) is 5.11 Å². The number of rotatable bonds is 6. The van der Waals surface area contributed by atoms with Gasteiger partial charge in [0.1, 0.15) is 5.75 Å². The molecule has 21 heavy (non-hydrogen) atoms. The van der Waals surface area contributed by atoms with Gasteiger partial charge in [-0.1, -0.05) is 0 Å². The molecule has 0 heterocycles. The summed E-state index contributed by atoms with van der Waals surface area (Å²) in [5.74, 6) is -2.42. The number of aromatic carboxylic acids is 1. The minimum atomic E-state index is -3.91. The first-order valence-corrected chi connectivity index (χ1v) is 8.70. The Morgan fingerprint density at radius 3 is 2.29 bits per heavy atom. The Morgan fingerprint density at radius 2 is 1.81 bits per heavy atom. The molecule has 0 aliphatic carbocycles. The van der Waals surface area contributed by atoms with Gasteiger partial charge in [0.2, 0.25) is 5.91 Å². The summed E-state index contributed by atoms with van der Waals surface area (Å²) in [6.45, 7) is 4.35. The monoisotopic (exact) mass is 377 g/mol. The fraction of sp³-hybridized carbons (Fsp3) is 0.385. The van der Waals surface area contributed by atoms with E-state index >= 15 is 0 Å². The molecule has 116 valence electrons. The SMILES string of the molecule is CCN(CC)C(=O)CS(=O)(=O)c1cc(C(=O)O)ccc1Br. The molecule has 1 amide bonds. The third kappa shape index (κ3) is 4.28. The lowest BCUT2D eigenvalue weighted by molar-refractivity contribution is -0.128. The Labute approximate surface area is 131 Å². The number of carbonyl (C=O) groups is 2. The van der Waals surface area contributed by atoms with Crippen LogP contribution in [0.25, 0.3) is 0 Å². The zero-order chi connectivity index (χ0) is 16.2. The summed E-state index contributed by atoms with van der Waals surface area (Å²) >= 11 is 3.08. The van der Waals surface area contributed by atoms with Crippen LogP contribution in [0, 0.1) is 0 Å². The highest BCUT2D eigenvalue weighted by Gasteiger charge is 2.25. The van der Waals surface area contributed by atoms with E-state index in [-0.39, 0.29) is 14.9 Å². The predicted octanol–water partition coefficient (Wildman–Crippen LogP) is 1.79. The highest BCUT2D eigenvalue weighted by atomic mass is 79.9. The summed E-state index contributed by atoms with van der Waals surface area (Å²) in [5, 5.41) is 8.93. The molecular formula is C13H16BrNO5S. The number of halogens is 1. The van der Waals surface area contributed by atoms with Crippen molar-refractivity contribution >= 4 is 37.6 Å². The molecule has 1 aromatic rings. The van der Waals surface area contributed by atoms with E-state index in [0.717, 1.165) is 6.07 Å². The maximum Gasteiger partial charge on any atom is 0.335 e. The maximum absolute atomic E-state index is 12.3. The second-order valence-electron chi connectivity index (χ2n) is 4.28. The molecule has 0 saturated heterocycles. The van der Waals surface area contributed by atoms with Crippen LogP contribution in [0.3, 0.4) is 0 Å². The molecule has 8 heteroatoms. The van der Waals surface area contributed by atoms with Crippen LogP contribution in [0.5, 0.6) is 0 Å². The van der Waals surface area contributed by atoms with Crippen molar-refractivity contribution in [2.24, 2.45) is 0 Å². The van der Waals surface area contributed by atoms with Crippen LogP contribution < -0.4 is 0 Å². The first-order chi connectivity index (χ1) is 9.72. The van der Waals surface area contributed by atoms with E-state index in [0.29, 0.717) is 13.1 Å². The van der Waals surface area contributed by atoms with Gasteiger partial charge in [0.25, 0.3) is 0 Å². The molecule has 0 atom stereocenters. The second-order valence-corrected chi connectivity index (χ2v) is 7.09. The van der Waals surface area contributed by atoms with E-state index in [9.17, 15) is 18.0 Å². The summed E-state index contributed by atoms with van der Waals surface area (Å²) in [6, 6.07) is 3.69. The maximum atomic E-state index is 12.3. The number of carbonyl (C=O) groups excluding carboxylic acids is 1. The molecule has 0 spiro atoms. The normalized spacial score (nSPS) is 11.2. The number of hydrogen-bond acceptors (Lipinski definition) is 4. The number of carboxylic acids is 1. The molecule has 0 aliphatic heterocycles. The lowest BCUT2D eigenvalue weighted by Crippen LogP contribution is -2.35. The Morgan fingerprint density at radius 1 is 1.24 bits per heavy atom. The second kappa shape index (κ2) is 7.04. The molecule has 6 nitrogen and oxygen atoms in total. The summed E-state index contributed by atoms with van der Waals surface area (Å²) < 4.78 is 24.8. The molecule has 0 unspecified atom stereocenters. The number of benzene rings is 1. The van der Waals surface area contributed by atoms with Gasteiger partial charge in [-0.3, -0.25) is 4.79 Å². The minimum Gasteiger partial charge on any atom is -0.478 e. The molecule has 1 N–H and O–H groups in total. The number of hydrogen-bond donors (Lipinski definition) is 1. The molecule has 0 aliphatic rings. The molecule has 0 bridgehead atoms. The first kappa shape index (κ1) is 17.6. The van der Waals surface area contributed by atoms with E-state index in [1.165, 1.54) is 17.0 Å². The Hall–Kier alpha value is -1.41. The lowest BCUT2D eigenvalue weighted by Gasteiger charge is -2.18. The van der Waals surface area contributed by atoms with Crippen molar-refractivity contribution < 1.29 is 23.1 Å². The number of amides is 1. The van der Waals surface area contributed by atoms with Gasteiger partial charge in [-0.05, 0) is 48.0 Å². The average molecular weight is 378 g/mol. The van der Waals surface area contributed by atoms with E-state index in [2.05, 4.69) is 15.9 Å². The van der Waals surface area contributed by atoms with E-state index < -0.39 is 27.5 Å². The third-order valence-electron chi connectivity index (χ3n) is 2.94. The third-order valence-corrected chi connectivity index (χ3v) is 5.53. The molecule has 0 saturated carbocycles. The van der Waals surface area contributed by atoms with E-state index in [1.807, 2.05) is 0 Å². The predicted molar refractivity (Wildman–Crippen MR) is 81.1 cm³/mol. The highest BCUT2D eigenvalue weighted by molar-refractivity contribution is 9.10. The van der Waals surface area contributed by atoms with Crippen LogP contribution in [-0.4, -0.2) is 49.1 Å². The van der Waals surface area contributed by atoms with Gasteiger partial charge in [-0.2, -0.15) is 0 Å². The lowest BCUT2D eigenvalue weighted by atomic mass is 10.2. The van der Waals surface area contributed by atoms with Crippen molar-refractivity contribution in [2.75, 3.05) is 18.8 Å². The van der Waals surface area contributed by atoms with E-state index in [1.54, 1.807) is 13.8 Å². The fourth-order valence-electron chi connectivity index (χ4n) is 1.78. The van der Waals surface area contributed by atoms with Gasteiger partial charge in [-0.25, -0.2) is 13.2 Å². The van der Waals surface area contributed by atoms with Crippen molar-refractivity contribution in [3.05, 3.63) is 28.2 Å². The van der Waals surface area contributed by atoms with Crippen molar-refractivity contribution in [3.8, 4) is 0 Å². The zero-order valence-corrected chi connectivity index (χ0v) is 14.1. The topological polar surface area (TPSA) is 91.8 Å². The van der Waals surface area contributed by atoms with Gasteiger partial charge in [0.15, 0.2) is 9.84 Å². The van der Waals surface area contributed by atoms with Gasteiger partial charge in [-0.15, -0.1) is 0 Å². The molecule has 1 rings (SSSR count). The Bertz CT molecular complexity index is 653. The number of carboxylic acid groups (broad SMARTS) is 1. The first-order valence-electron chi connectivity index (χ1n) is 6.26. The molecule has 1 aromatic carbocycles. The van der Waals surface area contributed by atoms with Crippen molar-refractivity contribution in [2.45, 2.75) is 18.7 Å². The summed E-state index contributed by atoms with van der Waals surface area (Å²) in [5.41, 5.74) is -0.146. The number of nitrogens with zero attached hydrogens (tertiary/aromatic N) is 1. The molecule has 0 radical (unpaired) electrons. The summed E-state index contributed by atoms with van der Waals surface area (Å²) in [7, 11) is -3.91. The van der Waals surface area contributed by atoms with Crippen molar-refractivity contribution in [1.29, 1.82) is 0 Å². The summed E-state index contributed by atoms with van der Waals surface area (Å²) in [6.07, 6.45) is 0. The van der Waals surface area contributed by atoms with Gasteiger partial charge < -0.3 is 10.0 Å². The van der Waals surface area contributed by atoms with Crippen LogP contribution in [0.4, 0.5) is 0 Å². The van der Waals surface area contributed by atoms with Gasteiger partial charge in [0.05, 0.1) is 10.5 Å². The highest BCUT2D eigenvalue weighted by Crippen LogP contribution is 2.24. The molecular weight excluding hydrogens is 362 g/mol.